The van der Waals surface area contributed by atoms with E-state index in [0.29, 0.717) is 17.7 Å². The summed E-state index contributed by atoms with van der Waals surface area (Å²) in [7, 11) is 1.78. The maximum Gasteiger partial charge on any atom is 0.134 e. The molecule has 1 aliphatic heterocycles. The maximum absolute atomic E-state index is 10.3. The van der Waals surface area contributed by atoms with Crippen molar-refractivity contribution in [1.82, 2.24) is 4.90 Å². The first-order valence-corrected chi connectivity index (χ1v) is 3.23. The van der Waals surface area contributed by atoms with Gasteiger partial charge in [-0.2, -0.15) is 5.26 Å². The minimum absolute atomic E-state index is 0.398. The fraction of sp³-hybridized carbons (Fsp3) is 0.375. The number of rotatable bonds is 0. The molecule has 1 rings (SSSR count). The molecule has 0 aliphatic carbocycles. The average molecular weight is 148 g/mol. The van der Waals surface area contributed by atoms with Gasteiger partial charge in [0.25, 0.3) is 0 Å². The lowest BCUT2D eigenvalue weighted by atomic mass is 10.1. The fourth-order valence-corrected chi connectivity index (χ4v) is 1.18. The molecule has 1 saturated heterocycles. The van der Waals surface area contributed by atoms with E-state index in [1.807, 2.05) is 6.07 Å². The summed E-state index contributed by atoms with van der Waals surface area (Å²) in [6, 6.07) is 1.57. The Balaban J connectivity index is 3.05. The fourth-order valence-electron chi connectivity index (χ4n) is 1.18. The van der Waals surface area contributed by atoms with Crippen LogP contribution in [0, 0.1) is 11.3 Å². The van der Waals surface area contributed by atoms with E-state index < -0.39 is 6.04 Å². The quantitative estimate of drug-likeness (QED) is 0.459. The molecule has 1 fully saturated rings. The first-order chi connectivity index (χ1) is 5.20. The van der Waals surface area contributed by atoms with Crippen LogP contribution < -0.4 is 0 Å². The van der Waals surface area contributed by atoms with Crippen molar-refractivity contribution in [1.29, 1.82) is 5.26 Å². The lowest BCUT2D eigenvalue weighted by molar-refractivity contribution is 0.385. The largest absolute Gasteiger partial charge is 0.282 e. The van der Waals surface area contributed by atoms with Gasteiger partial charge in [-0.15, -0.1) is 0 Å². The summed E-state index contributed by atoms with van der Waals surface area (Å²) in [5.74, 6) is 1.75. The van der Waals surface area contributed by atoms with Gasteiger partial charge >= 0.3 is 0 Å². The van der Waals surface area contributed by atoms with Crippen LogP contribution in [0.25, 0.3) is 0 Å². The van der Waals surface area contributed by atoms with E-state index >= 15 is 0 Å². The Morgan fingerprint density at radius 3 is 2.82 bits per heavy atom. The number of hydrogen-bond donors (Lipinski definition) is 0. The van der Waals surface area contributed by atoms with Gasteiger partial charge in [-0.1, -0.05) is 6.58 Å². The van der Waals surface area contributed by atoms with Crippen LogP contribution in [0.1, 0.15) is 0 Å². The Bertz CT molecular complexity index is 281. The molecule has 3 heteroatoms. The third kappa shape index (κ3) is 1.10. The predicted molar refractivity (Wildman–Crippen MR) is 40.4 cm³/mol. The van der Waals surface area contributed by atoms with Crippen molar-refractivity contribution in [3.63, 3.8) is 0 Å². The summed E-state index contributed by atoms with van der Waals surface area (Å²) in [5, 5.41) is 8.62. The summed E-state index contributed by atoms with van der Waals surface area (Å²) in [5.41, 5.74) is 1.10. The van der Waals surface area contributed by atoms with Gasteiger partial charge in [0.05, 0.1) is 11.6 Å². The zero-order valence-corrected chi connectivity index (χ0v) is 6.29. The minimum Gasteiger partial charge on any atom is -0.282 e. The monoisotopic (exact) mass is 148 g/mol. The first kappa shape index (κ1) is 7.74. The van der Waals surface area contributed by atoms with Gasteiger partial charge in [-0.3, -0.25) is 4.90 Å². The van der Waals surface area contributed by atoms with E-state index in [1.54, 1.807) is 17.9 Å². The molecule has 0 aromatic carbocycles. The van der Waals surface area contributed by atoms with Crippen molar-refractivity contribution in [3.05, 3.63) is 17.7 Å². The Morgan fingerprint density at radius 1 is 1.82 bits per heavy atom. The average Bonchev–Trinajstić information content (AvgIpc) is 2.24. The molecule has 0 aromatic heterocycles. The second-order valence-corrected chi connectivity index (χ2v) is 2.57. The molecule has 56 valence electrons. The van der Waals surface area contributed by atoms with E-state index in [1.165, 1.54) is 0 Å². The normalized spacial score (nSPS) is 24.9. The van der Waals surface area contributed by atoms with E-state index in [4.69, 9.17) is 5.26 Å². The van der Waals surface area contributed by atoms with Crippen LogP contribution in [0.2, 0.25) is 0 Å². The Kier molecular flexibility index (Phi) is 1.91. The number of nitrogens with zero attached hydrogens (tertiary/aromatic N) is 2. The topological polar surface area (TPSA) is 44.1 Å². The van der Waals surface area contributed by atoms with Crippen LogP contribution in [0.3, 0.4) is 0 Å². The third-order valence-electron chi connectivity index (χ3n) is 1.77. The Labute approximate surface area is 65.2 Å². The van der Waals surface area contributed by atoms with Crippen molar-refractivity contribution in [2.75, 3.05) is 13.6 Å². The molecular weight excluding hydrogens is 140 g/mol. The van der Waals surface area contributed by atoms with E-state index in [-0.39, 0.29) is 0 Å². The number of carbonyl (C=O) groups excluding carboxylic acids is 1. The van der Waals surface area contributed by atoms with Crippen molar-refractivity contribution in [2.24, 2.45) is 0 Å². The van der Waals surface area contributed by atoms with Gasteiger partial charge in [0.2, 0.25) is 0 Å². The molecule has 1 aliphatic rings. The highest BCUT2D eigenvalue weighted by Gasteiger charge is 2.29. The van der Waals surface area contributed by atoms with Crippen molar-refractivity contribution < 1.29 is 4.79 Å². The number of likely N-dealkylation sites (N-methyl/N-ethyl adjacent to an activating group) is 1. The van der Waals surface area contributed by atoms with Crippen molar-refractivity contribution in [3.8, 4) is 6.07 Å². The number of likely N-dealkylation sites (tertiary alicyclic amines) is 1. The van der Waals surface area contributed by atoms with Crippen LogP contribution >= 0.6 is 0 Å². The Morgan fingerprint density at radius 2 is 2.45 bits per heavy atom. The molecule has 3 nitrogen and oxygen atoms in total. The molecule has 0 N–H and O–H groups in total. The van der Waals surface area contributed by atoms with Crippen LogP contribution in [0.4, 0.5) is 0 Å². The SMILES string of the molecule is C=C1CN(C)C(C#N)C1=C=O. The van der Waals surface area contributed by atoms with E-state index in [0.717, 1.165) is 0 Å². The van der Waals surface area contributed by atoms with Crippen LogP contribution in [0.5, 0.6) is 0 Å². The predicted octanol–water partition coefficient (Wildman–Crippen LogP) is 0.138. The summed E-state index contributed by atoms with van der Waals surface area (Å²) in [6.45, 7) is 4.25. The van der Waals surface area contributed by atoms with Crippen LogP contribution in [0.15, 0.2) is 17.7 Å². The van der Waals surface area contributed by atoms with E-state index in [9.17, 15) is 4.79 Å². The molecule has 0 saturated carbocycles. The summed E-state index contributed by atoms with van der Waals surface area (Å²) < 4.78 is 0. The number of nitriles is 1. The summed E-state index contributed by atoms with van der Waals surface area (Å²) in [4.78, 5) is 12.1. The van der Waals surface area contributed by atoms with Gasteiger partial charge in [0.15, 0.2) is 0 Å². The third-order valence-corrected chi connectivity index (χ3v) is 1.77. The zero-order chi connectivity index (χ0) is 8.43. The molecule has 1 heterocycles. The summed E-state index contributed by atoms with van der Waals surface area (Å²) >= 11 is 0. The molecule has 1 unspecified atom stereocenters. The Hall–Kier alpha value is -1.36. The molecule has 0 bridgehead atoms. The second-order valence-electron chi connectivity index (χ2n) is 2.57. The molecular formula is C8H8N2O. The lowest BCUT2D eigenvalue weighted by Gasteiger charge is -2.08. The molecule has 0 amide bonds. The highest BCUT2D eigenvalue weighted by molar-refractivity contribution is 5.66. The smallest absolute Gasteiger partial charge is 0.134 e. The minimum atomic E-state index is -0.444. The van der Waals surface area contributed by atoms with E-state index in [2.05, 4.69) is 6.58 Å². The van der Waals surface area contributed by atoms with Crippen LogP contribution in [-0.2, 0) is 4.79 Å². The first-order valence-electron chi connectivity index (χ1n) is 3.23. The summed E-state index contributed by atoms with van der Waals surface area (Å²) in [6.07, 6.45) is 0. The molecule has 0 radical (unpaired) electrons. The molecule has 11 heavy (non-hydrogen) atoms. The van der Waals surface area contributed by atoms with Gasteiger partial charge in [0.1, 0.15) is 12.0 Å². The van der Waals surface area contributed by atoms with Gasteiger partial charge in [0, 0.05) is 6.54 Å². The standard InChI is InChI=1S/C8H8N2O/c1-6-4-10(2)8(3-9)7(6)5-11/h8H,1,4H2,2H3. The van der Waals surface area contributed by atoms with Gasteiger partial charge < -0.3 is 0 Å². The van der Waals surface area contributed by atoms with Crippen molar-refractivity contribution in [2.45, 2.75) is 6.04 Å². The number of hydrogen-bond acceptors (Lipinski definition) is 3. The highest BCUT2D eigenvalue weighted by atomic mass is 16.1. The lowest BCUT2D eigenvalue weighted by Crippen LogP contribution is -2.23. The van der Waals surface area contributed by atoms with Crippen LogP contribution in [-0.4, -0.2) is 30.5 Å². The van der Waals surface area contributed by atoms with Crippen molar-refractivity contribution >= 4 is 5.94 Å². The molecule has 1 atom stereocenters. The zero-order valence-electron chi connectivity index (χ0n) is 6.29. The second kappa shape index (κ2) is 2.71. The molecule has 0 spiro atoms. The van der Waals surface area contributed by atoms with Gasteiger partial charge in [-0.25, -0.2) is 4.79 Å². The maximum atomic E-state index is 10.3. The van der Waals surface area contributed by atoms with Gasteiger partial charge in [-0.05, 0) is 12.6 Å². The highest BCUT2D eigenvalue weighted by Crippen LogP contribution is 2.22. The molecule has 0 aromatic rings.